The number of anilines is 1. The molecule has 1 fully saturated rings. The number of para-hydroxylation sites is 2. The molecule has 0 bridgehead atoms. The van der Waals surface area contributed by atoms with E-state index in [1.807, 2.05) is 59.8 Å². The van der Waals surface area contributed by atoms with Crippen LogP contribution < -0.4 is 4.90 Å². The van der Waals surface area contributed by atoms with Crippen LogP contribution in [0.15, 0.2) is 96.7 Å². The highest BCUT2D eigenvalue weighted by Crippen LogP contribution is 2.30. The van der Waals surface area contributed by atoms with E-state index in [9.17, 15) is 0 Å². The highest BCUT2D eigenvalue weighted by Gasteiger charge is 2.28. The molecule has 0 spiro atoms. The number of aliphatic imine (C=N–C) groups is 1. The van der Waals surface area contributed by atoms with Crippen LogP contribution in [0, 0.1) is 0 Å². The number of aliphatic hydroxyl groups is 1. The van der Waals surface area contributed by atoms with Crippen LogP contribution in [0.4, 0.5) is 11.4 Å². The normalized spacial score (nSPS) is 13.9. The largest absolute Gasteiger partial charge is 0.397 e. The summed E-state index contributed by atoms with van der Waals surface area (Å²) >= 11 is 0. The van der Waals surface area contributed by atoms with E-state index in [0.29, 0.717) is 0 Å². The van der Waals surface area contributed by atoms with Crippen LogP contribution in [0.5, 0.6) is 0 Å². The summed E-state index contributed by atoms with van der Waals surface area (Å²) in [7, 11) is 0. The third-order valence-corrected chi connectivity index (χ3v) is 5.28. The van der Waals surface area contributed by atoms with Crippen LogP contribution in [0.2, 0.25) is 0 Å². The summed E-state index contributed by atoms with van der Waals surface area (Å²) in [5, 5.41) is 7.57. The fourth-order valence-corrected chi connectivity index (χ4v) is 3.81. The molecule has 0 atom stereocenters. The molecule has 37 heavy (non-hydrogen) atoms. The maximum atomic E-state index is 7.57. The molecule has 0 amide bonds. The first-order valence-corrected chi connectivity index (χ1v) is 13.8. The van der Waals surface area contributed by atoms with E-state index in [0.717, 1.165) is 50.1 Å². The van der Waals surface area contributed by atoms with E-state index in [4.69, 9.17) is 10.1 Å². The molecule has 2 aliphatic heterocycles. The zero-order chi connectivity index (χ0) is 28.1. The predicted molar refractivity (Wildman–Crippen MR) is 165 cm³/mol. The Morgan fingerprint density at radius 1 is 0.865 bits per heavy atom. The second kappa shape index (κ2) is 20.8. The molecular formula is C32H50N4O. The predicted octanol–water partition coefficient (Wildman–Crippen LogP) is 7.65. The van der Waals surface area contributed by atoms with Gasteiger partial charge in [-0.15, -0.1) is 0 Å². The average molecular weight is 507 g/mol. The zero-order valence-corrected chi connectivity index (χ0v) is 24.3. The Morgan fingerprint density at radius 3 is 1.95 bits per heavy atom. The van der Waals surface area contributed by atoms with Crippen molar-refractivity contribution in [2.24, 2.45) is 4.99 Å². The SMILES string of the molecule is C=C/C=C(\C=C)N1CCN(C2=Nc3ccccc3CN2c2ccccc2)CC1.CC.CC.CC.CCO. The summed E-state index contributed by atoms with van der Waals surface area (Å²) in [6.45, 7) is 26.2. The number of aliphatic hydroxyl groups excluding tert-OH is 1. The van der Waals surface area contributed by atoms with Gasteiger partial charge >= 0.3 is 0 Å². The van der Waals surface area contributed by atoms with Crippen molar-refractivity contribution < 1.29 is 5.11 Å². The van der Waals surface area contributed by atoms with E-state index in [1.165, 1.54) is 11.3 Å². The lowest BCUT2D eigenvalue weighted by molar-refractivity contribution is 0.224. The fraction of sp³-hybridized carbons (Fsp3) is 0.406. The molecule has 1 N–H and O–H groups in total. The number of nitrogens with zero attached hydrogens (tertiary/aromatic N) is 4. The molecule has 0 radical (unpaired) electrons. The Morgan fingerprint density at radius 2 is 1.41 bits per heavy atom. The maximum Gasteiger partial charge on any atom is 0.206 e. The van der Waals surface area contributed by atoms with Crippen molar-refractivity contribution in [3.8, 4) is 0 Å². The Balaban J connectivity index is 0.00000129. The molecule has 0 unspecified atom stereocenters. The van der Waals surface area contributed by atoms with Crippen molar-refractivity contribution in [2.45, 2.75) is 55.0 Å². The summed E-state index contributed by atoms with van der Waals surface area (Å²) in [4.78, 5) is 12.1. The van der Waals surface area contributed by atoms with Crippen molar-refractivity contribution >= 4 is 17.3 Å². The van der Waals surface area contributed by atoms with Gasteiger partial charge in [-0.3, -0.25) is 0 Å². The van der Waals surface area contributed by atoms with Gasteiger partial charge in [-0.2, -0.15) is 0 Å². The van der Waals surface area contributed by atoms with Gasteiger partial charge in [0.1, 0.15) is 0 Å². The van der Waals surface area contributed by atoms with Crippen LogP contribution in [-0.2, 0) is 6.54 Å². The number of hydrogen-bond donors (Lipinski definition) is 1. The number of rotatable bonds is 4. The number of fused-ring (bicyclic) bond motifs is 1. The molecule has 2 aliphatic rings. The quantitative estimate of drug-likeness (QED) is 0.433. The number of allylic oxidation sites excluding steroid dienone is 3. The average Bonchev–Trinajstić information content (AvgIpc) is 2.99. The van der Waals surface area contributed by atoms with Crippen molar-refractivity contribution in [1.82, 2.24) is 9.80 Å². The van der Waals surface area contributed by atoms with Gasteiger partial charge in [0.15, 0.2) is 0 Å². The summed E-state index contributed by atoms with van der Waals surface area (Å²) in [5.41, 5.74) is 4.64. The van der Waals surface area contributed by atoms with Crippen molar-refractivity contribution in [3.05, 3.63) is 97.2 Å². The third-order valence-electron chi connectivity index (χ3n) is 5.28. The minimum Gasteiger partial charge on any atom is -0.397 e. The lowest BCUT2D eigenvalue weighted by Crippen LogP contribution is -2.53. The summed E-state index contributed by atoms with van der Waals surface area (Å²) in [6.07, 6.45) is 5.75. The van der Waals surface area contributed by atoms with Gasteiger partial charge in [-0.05, 0) is 42.8 Å². The van der Waals surface area contributed by atoms with Crippen molar-refractivity contribution in [1.29, 1.82) is 0 Å². The lowest BCUT2D eigenvalue weighted by atomic mass is 10.1. The van der Waals surface area contributed by atoms with Crippen LogP contribution >= 0.6 is 0 Å². The monoisotopic (exact) mass is 506 g/mol. The van der Waals surface area contributed by atoms with Crippen LogP contribution in [0.1, 0.15) is 54.0 Å². The summed E-state index contributed by atoms with van der Waals surface area (Å²) in [6, 6.07) is 19.0. The zero-order valence-electron chi connectivity index (χ0n) is 24.3. The standard InChI is InChI=1S/C24H26N4.C2H6O.3C2H6/c1-3-10-21(4-2)26-15-17-27(18-16-26)24-25-23-14-9-8-11-20(23)19-28(24)22-12-6-5-7-13-22;1-2-3;3*1-2/h3-14H,1-2,15-19H2;3H,2H2,1H3;3*1-2H3/b21-10+;;;;. The highest BCUT2D eigenvalue weighted by atomic mass is 16.2. The molecule has 0 saturated carbocycles. The Bertz CT molecular complexity index is 929. The van der Waals surface area contributed by atoms with Gasteiger partial charge in [0.05, 0.1) is 12.2 Å². The molecule has 5 nitrogen and oxygen atoms in total. The van der Waals surface area contributed by atoms with Gasteiger partial charge in [-0.1, -0.05) is 97.2 Å². The number of guanidine groups is 1. The smallest absolute Gasteiger partial charge is 0.206 e. The summed E-state index contributed by atoms with van der Waals surface area (Å²) in [5.74, 6) is 1.04. The molecule has 2 aromatic rings. The molecule has 1 saturated heterocycles. The maximum absolute atomic E-state index is 7.57. The first-order valence-electron chi connectivity index (χ1n) is 13.8. The van der Waals surface area contributed by atoms with E-state index in [2.05, 4.69) is 82.5 Å². The Kier molecular flexibility index (Phi) is 19.0. The van der Waals surface area contributed by atoms with E-state index in [1.54, 1.807) is 6.92 Å². The Hall–Kier alpha value is -3.31. The van der Waals surface area contributed by atoms with Gasteiger partial charge in [0.2, 0.25) is 5.96 Å². The van der Waals surface area contributed by atoms with Crippen molar-refractivity contribution in [3.63, 3.8) is 0 Å². The molecule has 2 aromatic carbocycles. The molecule has 4 rings (SSSR count). The van der Waals surface area contributed by atoms with Gasteiger partial charge in [-0.25, -0.2) is 4.99 Å². The lowest BCUT2D eigenvalue weighted by Gasteiger charge is -2.42. The third kappa shape index (κ3) is 10.3. The number of benzene rings is 2. The van der Waals surface area contributed by atoms with E-state index < -0.39 is 0 Å². The highest BCUT2D eigenvalue weighted by molar-refractivity contribution is 5.99. The number of piperazine rings is 1. The molecular weight excluding hydrogens is 456 g/mol. The first kappa shape index (κ1) is 33.7. The molecule has 2 heterocycles. The van der Waals surface area contributed by atoms with Crippen molar-refractivity contribution in [2.75, 3.05) is 37.7 Å². The van der Waals surface area contributed by atoms with Crippen LogP contribution in [0.3, 0.4) is 0 Å². The molecule has 0 aliphatic carbocycles. The second-order valence-electron chi connectivity index (χ2n) is 7.28. The minimum absolute atomic E-state index is 0.250. The number of hydrogen-bond acceptors (Lipinski definition) is 5. The Labute approximate surface area is 227 Å². The van der Waals surface area contributed by atoms with E-state index >= 15 is 0 Å². The molecule has 204 valence electrons. The minimum atomic E-state index is 0.250. The second-order valence-corrected chi connectivity index (χ2v) is 7.28. The van der Waals surface area contributed by atoms with E-state index in [-0.39, 0.29) is 6.61 Å². The van der Waals surface area contributed by atoms with Gasteiger partial charge in [0.25, 0.3) is 0 Å². The fourth-order valence-electron chi connectivity index (χ4n) is 3.81. The van der Waals surface area contributed by atoms with Crippen LogP contribution in [-0.4, -0.2) is 53.7 Å². The first-order chi connectivity index (χ1) is 18.2. The summed E-state index contributed by atoms with van der Waals surface area (Å²) < 4.78 is 0. The molecule has 0 aromatic heterocycles. The van der Waals surface area contributed by atoms with Gasteiger partial charge < -0.3 is 19.8 Å². The molecule has 5 heteroatoms. The van der Waals surface area contributed by atoms with Gasteiger partial charge in [0, 0.05) is 44.2 Å². The topological polar surface area (TPSA) is 42.3 Å². The van der Waals surface area contributed by atoms with Crippen LogP contribution in [0.25, 0.3) is 0 Å².